The van der Waals surface area contributed by atoms with E-state index >= 15 is 0 Å². The molecule has 0 radical (unpaired) electrons. The molecule has 9 nitrogen and oxygen atoms in total. The van der Waals surface area contributed by atoms with Crippen LogP contribution in [-0.4, -0.2) is 43.2 Å². The molecule has 0 aliphatic heterocycles. The van der Waals surface area contributed by atoms with E-state index in [4.69, 9.17) is 13.9 Å². The van der Waals surface area contributed by atoms with E-state index in [0.29, 0.717) is 24.2 Å². The first-order valence-electron chi connectivity index (χ1n) is 8.17. The molecule has 0 spiro atoms. The Bertz CT molecular complexity index is 1010. The van der Waals surface area contributed by atoms with Gasteiger partial charge in [-0.2, -0.15) is 0 Å². The predicted octanol–water partition coefficient (Wildman–Crippen LogP) is 1.32. The summed E-state index contributed by atoms with van der Waals surface area (Å²) >= 11 is -0.921. The molecule has 1 aliphatic carbocycles. The third-order valence-corrected chi connectivity index (χ3v) is 5.18. The van der Waals surface area contributed by atoms with Gasteiger partial charge in [-0.15, -0.1) is 0 Å². The summed E-state index contributed by atoms with van der Waals surface area (Å²) in [5.41, 5.74) is 1.75. The van der Waals surface area contributed by atoms with Crippen molar-refractivity contribution in [1.29, 1.82) is 0 Å². The van der Waals surface area contributed by atoms with Crippen molar-refractivity contribution in [3.63, 3.8) is 0 Å². The zero-order chi connectivity index (χ0) is 19.0. The van der Waals surface area contributed by atoms with Crippen LogP contribution in [0.3, 0.4) is 0 Å². The maximum absolute atomic E-state index is 13.6. The van der Waals surface area contributed by atoms with E-state index in [1.807, 2.05) is 0 Å². The van der Waals surface area contributed by atoms with Crippen LogP contribution in [0.4, 0.5) is 4.39 Å². The van der Waals surface area contributed by atoms with Crippen molar-refractivity contribution in [2.75, 3.05) is 18.6 Å². The number of rotatable bonds is 7. The summed E-state index contributed by atoms with van der Waals surface area (Å²) in [5.74, 6) is -0.446. The fraction of sp³-hybridized carbons (Fsp3) is 0.375. The Morgan fingerprint density at radius 1 is 1.41 bits per heavy atom. The van der Waals surface area contributed by atoms with Crippen LogP contribution < -0.4 is 10.5 Å². The molecule has 1 aliphatic rings. The lowest BCUT2D eigenvalue weighted by atomic mass is 9.83. The molecule has 0 fully saturated rings. The zero-order valence-electron chi connectivity index (χ0n) is 14.3. The highest BCUT2D eigenvalue weighted by molar-refractivity contribution is 7.90. The van der Waals surface area contributed by atoms with Gasteiger partial charge in [0.1, 0.15) is 11.6 Å². The molecule has 3 aromatic rings. The van der Waals surface area contributed by atoms with Gasteiger partial charge in [-0.1, -0.05) is 22.4 Å². The molecule has 11 heteroatoms. The molecule has 4 rings (SSSR count). The highest BCUT2D eigenvalue weighted by Crippen LogP contribution is 2.38. The smallest absolute Gasteiger partial charge is 0.442 e. The van der Waals surface area contributed by atoms with Crippen LogP contribution >= 0.6 is 0 Å². The minimum Gasteiger partial charge on any atom is -0.617 e. The average molecular weight is 394 g/mol. The molecule has 142 valence electrons. The Morgan fingerprint density at radius 2 is 2.26 bits per heavy atom. The second kappa shape index (κ2) is 7.16. The molecule has 27 heavy (non-hydrogen) atoms. The Morgan fingerprint density at radius 3 is 3.07 bits per heavy atom. The Kier molecular flexibility index (Phi) is 4.70. The molecule has 0 amide bonds. The maximum atomic E-state index is 13.6. The molecule has 0 bridgehead atoms. The second-order valence-electron chi connectivity index (χ2n) is 6.10. The van der Waals surface area contributed by atoms with E-state index in [1.165, 1.54) is 16.7 Å². The number of halogens is 1. The first kappa shape index (κ1) is 17.7. The highest BCUT2D eigenvalue weighted by atomic mass is 32.2. The van der Waals surface area contributed by atoms with Crippen LogP contribution in [0.1, 0.15) is 23.6 Å². The SMILES string of the molecule is C[S+]([O-])CCCOc1nonc1-c1noc(=O)n1[C@H]1Cc2ccc(F)cc21. The quantitative estimate of drug-likeness (QED) is 0.435. The first-order chi connectivity index (χ1) is 13.0. The summed E-state index contributed by atoms with van der Waals surface area (Å²) in [7, 11) is 0. The summed E-state index contributed by atoms with van der Waals surface area (Å²) in [6.45, 7) is 0.250. The van der Waals surface area contributed by atoms with Gasteiger partial charge >= 0.3 is 5.76 Å². The van der Waals surface area contributed by atoms with E-state index in [-0.39, 0.29) is 29.8 Å². The average Bonchev–Trinajstić information content (AvgIpc) is 3.21. The van der Waals surface area contributed by atoms with Gasteiger partial charge in [0.15, 0.2) is 0 Å². The second-order valence-corrected chi connectivity index (χ2v) is 7.66. The van der Waals surface area contributed by atoms with Gasteiger partial charge < -0.3 is 9.29 Å². The molecule has 0 saturated heterocycles. The standard InChI is InChI=1S/C16H15FN4O5S/c1-27(23)6-2-5-24-15-13(18-26-20-15)14-19-25-16(22)21(14)12-7-9-3-4-10(17)8-11(9)12/h3-4,8,12H,2,5-7H2,1H3/t12-,27?/m0/s1. The number of fused-ring (bicyclic) bond motifs is 1. The molecule has 0 saturated carbocycles. The van der Waals surface area contributed by atoms with E-state index in [9.17, 15) is 13.7 Å². The van der Waals surface area contributed by atoms with Gasteiger partial charge in [-0.25, -0.2) is 18.4 Å². The van der Waals surface area contributed by atoms with E-state index < -0.39 is 23.0 Å². The third-order valence-electron chi connectivity index (χ3n) is 4.31. The minimum atomic E-state index is -0.921. The van der Waals surface area contributed by atoms with E-state index in [1.54, 1.807) is 12.3 Å². The van der Waals surface area contributed by atoms with Crippen molar-refractivity contribution < 1.29 is 22.8 Å². The monoisotopic (exact) mass is 394 g/mol. The lowest BCUT2D eigenvalue weighted by molar-refractivity contribution is 0.255. The van der Waals surface area contributed by atoms with Gasteiger partial charge in [-0.05, 0) is 40.0 Å². The summed E-state index contributed by atoms with van der Waals surface area (Å²) in [4.78, 5) is 12.2. The topological polar surface area (TPSA) is 119 Å². The fourth-order valence-corrected chi connectivity index (χ4v) is 3.54. The molecule has 2 heterocycles. The number of ether oxygens (including phenoxy) is 1. The Hall–Kier alpha value is -2.66. The van der Waals surface area contributed by atoms with Crippen LogP contribution in [0.2, 0.25) is 0 Å². The largest absolute Gasteiger partial charge is 0.617 e. The van der Waals surface area contributed by atoms with Crippen LogP contribution in [0, 0.1) is 5.82 Å². The number of aromatic nitrogens is 4. The third kappa shape index (κ3) is 3.35. The van der Waals surface area contributed by atoms with Gasteiger partial charge in [0.05, 0.1) is 18.9 Å². The predicted molar refractivity (Wildman–Crippen MR) is 91.3 cm³/mol. The summed E-state index contributed by atoms with van der Waals surface area (Å²) in [6, 6.07) is 4.03. The molecule has 2 aromatic heterocycles. The molecular formula is C16H15FN4O5S. The van der Waals surface area contributed by atoms with Gasteiger partial charge in [-0.3, -0.25) is 4.52 Å². The van der Waals surface area contributed by atoms with Crippen molar-refractivity contribution in [1.82, 2.24) is 20.0 Å². The summed E-state index contributed by atoms with van der Waals surface area (Å²) < 4.78 is 41.0. The van der Waals surface area contributed by atoms with Crippen LogP contribution in [0.5, 0.6) is 5.88 Å². The van der Waals surface area contributed by atoms with Crippen LogP contribution in [0.25, 0.3) is 11.5 Å². The molecular weight excluding hydrogens is 379 g/mol. The summed E-state index contributed by atoms with van der Waals surface area (Å²) in [6.07, 6.45) is 2.69. The Labute approximate surface area is 155 Å². The normalized spacial score (nSPS) is 16.6. The molecule has 1 unspecified atom stereocenters. The Balaban J connectivity index is 1.60. The molecule has 1 aromatic carbocycles. The fourth-order valence-electron chi connectivity index (χ4n) is 3.01. The van der Waals surface area contributed by atoms with Gasteiger partial charge in [0.2, 0.25) is 11.5 Å². The zero-order valence-corrected chi connectivity index (χ0v) is 15.1. The lowest BCUT2D eigenvalue weighted by Gasteiger charge is -2.30. The number of hydrogen-bond acceptors (Lipinski definition) is 8. The van der Waals surface area contributed by atoms with Gasteiger partial charge in [0.25, 0.3) is 5.88 Å². The van der Waals surface area contributed by atoms with Crippen molar-refractivity contribution >= 4 is 11.2 Å². The first-order valence-corrected chi connectivity index (χ1v) is 9.89. The number of benzene rings is 1. The van der Waals surface area contributed by atoms with E-state index in [2.05, 4.69) is 15.5 Å². The number of nitrogens with zero attached hydrogens (tertiary/aromatic N) is 4. The molecule has 2 atom stereocenters. The molecule has 0 N–H and O–H groups in total. The van der Waals surface area contributed by atoms with E-state index in [0.717, 1.165) is 5.56 Å². The van der Waals surface area contributed by atoms with Crippen LogP contribution in [0.15, 0.2) is 32.1 Å². The number of hydrogen-bond donors (Lipinski definition) is 0. The lowest BCUT2D eigenvalue weighted by Crippen LogP contribution is -2.31. The van der Waals surface area contributed by atoms with Crippen LogP contribution in [-0.2, 0) is 17.6 Å². The van der Waals surface area contributed by atoms with Crippen molar-refractivity contribution in [3.05, 3.63) is 45.7 Å². The van der Waals surface area contributed by atoms with Crippen molar-refractivity contribution in [2.24, 2.45) is 0 Å². The highest BCUT2D eigenvalue weighted by Gasteiger charge is 2.34. The summed E-state index contributed by atoms with van der Waals surface area (Å²) in [5, 5.41) is 11.2. The maximum Gasteiger partial charge on any atom is 0.442 e. The van der Waals surface area contributed by atoms with Gasteiger partial charge in [0, 0.05) is 6.42 Å². The minimum absolute atomic E-state index is 0.0534. The van der Waals surface area contributed by atoms with Crippen molar-refractivity contribution in [3.8, 4) is 17.4 Å². The van der Waals surface area contributed by atoms with Crippen molar-refractivity contribution in [2.45, 2.75) is 18.9 Å².